The Kier molecular flexibility index (Phi) is 5.67. The molecule has 2 aromatic carbocycles. The van der Waals surface area contributed by atoms with Crippen LogP contribution in [0.25, 0.3) is 21.8 Å². The van der Waals surface area contributed by atoms with Crippen molar-refractivity contribution in [3.05, 3.63) is 48.0 Å². The fourth-order valence-corrected chi connectivity index (χ4v) is 3.67. The summed E-state index contributed by atoms with van der Waals surface area (Å²) in [6.45, 7) is -1.71. The molecule has 1 heterocycles. The van der Waals surface area contributed by atoms with Crippen LogP contribution in [-0.4, -0.2) is 9.88 Å². The molecule has 0 aliphatic carbocycles. The van der Waals surface area contributed by atoms with Gasteiger partial charge in [-0.15, -0.1) is 0 Å². The third-order valence-corrected chi connectivity index (χ3v) is 4.88. The van der Waals surface area contributed by atoms with Crippen LogP contribution in [0.5, 0.6) is 5.75 Å². The Morgan fingerprint density at radius 3 is 2.72 bits per heavy atom. The lowest BCUT2D eigenvalue weighted by molar-refractivity contribution is 0.404. The van der Waals surface area contributed by atoms with Crippen molar-refractivity contribution in [2.45, 2.75) is 39.0 Å². The summed E-state index contributed by atoms with van der Waals surface area (Å²) >= 11 is 3.59. The second kappa shape index (κ2) is 7.77. The molecule has 6 heteroatoms. The van der Waals surface area contributed by atoms with Crippen LogP contribution >= 0.6 is 19.0 Å². The normalized spacial score (nSPS) is 13.9. The molecular formula is C19H22NO3PS. The number of para-hydroxylation sites is 1. The second-order valence-electron chi connectivity index (χ2n) is 6.24. The molecule has 1 atom stereocenters. The van der Waals surface area contributed by atoms with E-state index in [0.29, 0.717) is 5.52 Å². The molecule has 3 rings (SSSR count). The van der Waals surface area contributed by atoms with E-state index in [4.69, 9.17) is 4.52 Å². The van der Waals surface area contributed by atoms with Gasteiger partial charge in [-0.05, 0) is 54.9 Å². The van der Waals surface area contributed by atoms with E-state index in [1.54, 1.807) is 12.1 Å². The Morgan fingerprint density at radius 1 is 1.12 bits per heavy atom. The van der Waals surface area contributed by atoms with Gasteiger partial charge >= 0.3 is 6.80 Å². The maximum absolute atomic E-state index is 11.5. The number of fused-ring (bicyclic) bond motifs is 2. The average Bonchev–Trinajstić information content (AvgIpc) is 2.56. The fourth-order valence-electron chi connectivity index (χ4n) is 3.00. The van der Waals surface area contributed by atoms with Crippen LogP contribution < -0.4 is 4.52 Å². The van der Waals surface area contributed by atoms with Gasteiger partial charge in [0.15, 0.2) is 5.75 Å². The minimum atomic E-state index is -3.92. The monoisotopic (exact) mass is 375 g/mol. The molecule has 0 saturated heterocycles. The first-order chi connectivity index (χ1) is 12.0. The summed E-state index contributed by atoms with van der Waals surface area (Å²) in [7, 11) is 0. The highest BCUT2D eigenvalue weighted by Crippen LogP contribution is 2.48. The molecule has 1 N–H and O–H groups in total. The maximum Gasteiger partial charge on any atom is 0.434 e. The van der Waals surface area contributed by atoms with E-state index >= 15 is 0 Å². The Labute approximate surface area is 152 Å². The first-order valence-electron chi connectivity index (χ1n) is 8.54. The summed E-state index contributed by atoms with van der Waals surface area (Å²) < 4.78 is 16.5. The molecule has 1 aromatic heterocycles. The van der Waals surface area contributed by atoms with Crippen molar-refractivity contribution in [2.75, 3.05) is 0 Å². The summed E-state index contributed by atoms with van der Waals surface area (Å²) in [5.41, 5.74) is 2.72. The summed E-state index contributed by atoms with van der Waals surface area (Å²) in [6.07, 6.45) is 6.06. The Balaban J connectivity index is 1.94. The van der Waals surface area contributed by atoms with Crippen molar-refractivity contribution in [1.29, 1.82) is 0 Å². The van der Waals surface area contributed by atoms with Crippen molar-refractivity contribution >= 4 is 40.9 Å². The number of thiol groups is 1. The number of benzene rings is 2. The molecule has 0 aliphatic heterocycles. The van der Waals surface area contributed by atoms with Gasteiger partial charge in [-0.2, -0.15) is 0 Å². The molecule has 0 spiro atoms. The predicted molar refractivity (Wildman–Crippen MR) is 107 cm³/mol. The highest BCUT2D eigenvalue weighted by molar-refractivity contribution is 8.44. The summed E-state index contributed by atoms with van der Waals surface area (Å²) in [4.78, 5) is 14.0. The number of rotatable bonds is 7. The summed E-state index contributed by atoms with van der Waals surface area (Å²) in [5.74, 6) is 0.267. The van der Waals surface area contributed by atoms with Crippen LogP contribution in [0.4, 0.5) is 0 Å². The molecular weight excluding hydrogens is 353 g/mol. The number of nitrogens with zero attached hydrogens (tertiary/aromatic N) is 1. The largest absolute Gasteiger partial charge is 0.434 e. The van der Waals surface area contributed by atoms with Gasteiger partial charge < -0.3 is 9.42 Å². The van der Waals surface area contributed by atoms with E-state index in [0.717, 1.165) is 22.7 Å². The van der Waals surface area contributed by atoms with Crippen LogP contribution in [0.1, 0.15) is 38.2 Å². The predicted octanol–water partition coefficient (Wildman–Crippen LogP) is 5.92. The molecule has 0 fully saturated rings. The number of hydrogen-bond acceptors (Lipinski definition) is 3. The standard InChI is InChI=1S/C19H22NO3PS/c1-2-3-4-5-7-14-10-11-17-16(12-14)13-15-8-6-9-18(19(15)20-17)23-24(21,22)25/h6,8-13H,2-5,7H2,1H3,(H2,21,22,25). The first-order valence-corrected chi connectivity index (χ1v) is 11.3. The lowest BCUT2D eigenvalue weighted by Gasteiger charge is -2.11. The first kappa shape index (κ1) is 18.2. The van der Waals surface area contributed by atoms with Crippen LogP contribution in [-0.2, 0) is 11.0 Å². The molecule has 3 aromatic rings. The SMILES string of the molecule is CCCCCCc1ccc2nc3c(OP(=O)(O)S)cccc3cc2c1. The zero-order chi connectivity index (χ0) is 17.9. The Hall–Kier alpha value is -1.55. The van der Waals surface area contributed by atoms with Crippen molar-refractivity contribution in [3.63, 3.8) is 0 Å². The van der Waals surface area contributed by atoms with Crippen LogP contribution in [0.15, 0.2) is 42.5 Å². The number of unbranched alkanes of at least 4 members (excludes halogenated alkanes) is 3. The van der Waals surface area contributed by atoms with Gasteiger partial charge in [0, 0.05) is 10.8 Å². The van der Waals surface area contributed by atoms with Crippen molar-refractivity contribution in [1.82, 2.24) is 4.98 Å². The van der Waals surface area contributed by atoms with Gasteiger partial charge in [0.1, 0.15) is 5.52 Å². The zero-order valence-electron chi connectivity index (χ0n) is 14.2. The van der Waals surface area contributed by atoms with Crippen LogP contribution in [0, 0.1) is 0 Å². The average molecular weight is 375 g/mol. The molecule has 1 unspecified atom stereocenters. The Morgan fingerprint density at radius 2 is 1.96 bits per heavy atom. The molecule has 0 saturated carbocycles. The smallest absolute Gasteiger partial charge is 0.415 e. The third-order valence-electron chi connectivity index (χ3n) is 4.20. The molecule has 25 heavy (non-hydrogen) atoms. The molecule has 0 amide bonds. The van der Waals surface area contributed by atoms with Crippen LogP contribution in [0.2, 0.25) is 0 Å². The lowest BCUT2D eigenvalue weighted by Crippen LogP contribution is -1.91. The van der Waals surface area contributed by atoms with E-state index in [9.17, 15) is 9.46 Å². The minimum Gasteiger partial charge on any atom is -0.415 e. The van der Waals surface area contributed by atoms with Crippen LogP contribution in [0.3, 0.4) is 0 Å². The molecule has 0 bridgehead atoms. The zero-order valence-corrected chi connectivity index (χ0v) is 16.0. The topological polar surface area (TPSA) is 59.4 Å². The number of aryl methyl sites for hydroxylation is 1. The highest BCUT2D eigenvalue weighted by Gasteiger charge is 2.16. The van der Waals surface area contributed by atoms with E-state index < -0.39 is 6.80 Å². The number of pyridine rings is 1. The maximum atomic E-state index is 11.5. The van der Waals surface area contributed by atoms with Gasteiger partial charge in [0.05, 0.1) is 5.52 Å². The van der Waals surface area contributed by atoms with Gasteiger partial charge in [-0.1, -0.05) is 44.4 Å². The van der Waals surface area contributed by atoms with E-state index in [2.05, 4.69) is 36.3 Å². The minimum absolute atomic E-state index is 0.267. The van der Waals surface area contributed by atoms with Crippen molar-refractivity contribution < 1.29 is 14.0 Å². The van der Waals surface area contributed by atoms with Crippen molar-refractivity contribution in [3.8, 4) is 5.75 Å². The second-order valence-corrected chi connectivity index (χ2v) is 8.92. The molecule has 0 aliphatic rings. The van der Waals surface area contributed by atoms with E-state index in [1.807, 2.05) is 18.2 Å². The lowest BCUT2D eigenvalue weighted by atomic mass is 10.0. The third kappa shape index (κ3) is 4.75. The molecule has 4 nitrogen and oxygen atoms in total. The number of aromatic nitrogens is 1. The number of hydrogen-bond donors (Lipinski definition) is 2. The Bertz CT molecular complexity index is 938. The highest BCUT2D eigenvalue weighted by atomic mass is 32.7. The molecule has 0 radical (unpaired) electrons. The summed E-state index contributed by atoms with van der Waals surface area (Å²) in [5, 5.41) is 1.94. The fraction of sp³-hybridized carbons (Fsp3) is 0.316. The van der Waals surface area contributed by atoms with Crippen molar-refractivity contribution in [2.24, 2.45) is 0 Å². The quantitative estimate of drug-likeness (QED) is 0.233. The van der Waals surface area contributed by atoms with Gasteiger partial charge in [0.2, 0.25) is 0 Å². The molecule has 132 valence electrons. The van der Waals surface area contributed by atoms with E-state index in [-0.39, 0.29) is 5.75 Å². The summed E-state index contributed by atoms with van der Waals surface area (Å²) in [6, 6.07) is 13.7. The van der Waals surface area contributed by atoms with Gasteiger partial charge in [-0.3, -0.25) is 0 Å². The van der Waals surface area contributed by atoms with E-state index in [1.165, 1.54) is 31.2 Å². The van der Waals surface area contributed by atoms with Gasteiger partial charge in [-0.25, -0.2) is 9.55 Å². The van der Waals surface area contributed by atoms with Gasteiger partial charge in [0.25, 0.3) is 0 Å².